The first-order valence-corrected chi connectivity index (χ1v) is 9.00. The summed E-state index contributed by atoms with van der Waals surface area (Å²) < 4.78 is 6.87. The summed E-state index contributed by atoms with van der Waals surface area (Å²) in [5.74, 6) is 0.902. The van der Waals surface area contributed by atoms with E-state index in [0.29, 0.717) is 34.8 Å². The Hall–Kier alpha value is -2.86. The zero-order valence-electron chi connectivity index (χ0n) is 15.2. The maximum absolute atomic E-state index is 12.5. The topological polar surface area (TPSA) is 73.2 Å². The van der Waals surface area contributed by atoms with Gasteiger partial charge in [-0.1, -0.05) is 23.7 Å². The van der Waals surface area contributed by atoms with Crippen molar-refractivity contribution in [2.75, 3.05) is 12.0 Å². The van der Waals surface area contributed by atoms with Crippen LogP contribution in [0, 0.1) is 13.8 Å². The number of carbonyl (C=O) groups excluding carboxylic acids is 1. The molecule has 7 heteroatoms. The first kappa shape index (κ1) is 18.9. The highest BCUT2D eigenvalue weighted by Gasteiger charge is 2.10. The molecule has 0 spiro atoms. The minimum Gasteiger partial charge on any atom is -0.493 e. The minimum absolute atomic E-state index is 0.228. The average molecular weight is 386 g/mol. The molecule has 2 aromatic carbocycles. The summed E-state index contributed by atoms with van der Waals surface area (Å²) in [6, 6.07) is 12.4. The highest BCUT2D eigenvalue weighted by atomic mass is 35.5. The van der Waals surface area contributed by atoms with Crippen LogP contribution in [0.25, 0.3) is 10.9 Å². The van der Waals surface area contributed by atoms with Crippen molar-refractivity contribution in [2.24, 2.45) is 0 Å². The first-order valence-electron chi connectivity index (χ1n) is 8.63. The third-order valence-corrected chi connectivity index (χ3v) is 4.36. The fourth-order valence-electron chi connectivity index (χ4n) is 2.75. The van der Waals surface area contributed by atoms with Crippen molar-refractivity contribution in [2.45, 2.75) is 26.7 Å². The number of halogens is 1. The van der Waals surface area contributed by atoms with Crippen molar-refractivity contribution >= 4 is 28.4 Å². The van der Waals surface area contributed by atoms with E-state index in [4.69, 9.17) is 16.3 Å². The Morgan fingerprint density at radius 1 is 1.22 bits per heavy atom. The summed E-state index contributed by atoms with van der Waals surface area (Å²) in [4.78, 5) is 29.1. The molecule has 0 aliphatic rings. The van der Waals surface area contributed by atoms with Crippen LogP contribution in [-0.2, 0) is 4.79 Å². The van der Waals surface area contributed by atoms with E-state index in [9.17, 15) is 9.59 Å². The number of amides is 1. The molecular formula is C20H20ClN3O3. The number of rotatable bonds is 6. The number of para-hydroxylation sites is 1. The molecule has 6 nitrogen and oxygen atoms in total. The van der Waals surface area contributed by atoms with Crippen LogP contribution in [0.3, 0.4) is 0 Å². The molecule has 0 bridgehead atoms. The summed E-state index contributed by atoms with van der Waals surface area (Å²) in [5.41, 5.74) is 3.88. The predicted molar refractivity (Wildman–Crippen MR) is 106 cm³/mol. The Morgan fingerprint density at radius 3 is 2.78 bits per heavy atom. The number of hydrogen-bond donors (Lipinski definition) is 1. The number of benzene rings is 2. The van der Waals surface area contributed by atoms with Crippen LogP contribution in [-0.4, -0.2) is 22.2 Å². The Bertz CT molecular complexity index is 1050. The van der Waals surface area contributed by atoms with Gasteiger partial charge in [0.15, 0.2) is 0 Å². The molecule has 3 rings (SSSR count). The summed E-state index contributed by atoms with van der Waals surface area (Å²) >= 11 is 5.92. The number of fused-ring (bicyclic) bond motifs is 1. The summed E-state index contributed by atoms with van der Waals surface area (Å²) in [7, 11) is 0. The molecule has 0 aliphatic heterocycles. The second kappa shape index (κ2) is 8.22. The molecule has 1 N–H and O–H groups in total. The van der Waals surface area contributed by atoms with Gasteiger partial charge in [0.25, 0.3) is 5.56 Å². The van der Waals surface area contributed by atoms with Crippen LogP contribution in [0.4, 0.5) is 0 Å². The minimum atomic E-state index is -0.292. The van der Waals surface area contributed by atoms with Gasteiger partial charge < -0.3 is 4.74 Å². The molecule has 0 atom stereocenters. The lowest BCUT2D eigenvalue weighted by Gasteiger charge is -2.12. The largest absolute Gasteiger partial charge is 0.493 e. The predicted octanol–water partition coefficient (Wildman–Crippen LogP) is 3.60. The lowest BCUT2D eigenvalue weighted by Crippen LogP contribution is -2.35. The molecule has 0 radical (unpaired) electrons. The van der Waals surface area contributed by atoms with Crippen molar-refractivity contribution in [1.82, 2.24) is 9.66 Å². The molecule has 0 unspecified atom stereocenters. The van der Waals surface area contributed by atoms with Crippen LogP contribution in [0.15, 0.2) is 47.3 Å². The van der Waals surface area contributed by atoms with Gasteiger partial charge in [-0.3, -0.25) is 15.0 Å². The molecule has 3 aromatic rings. The first-order chi connectivity index (χ1) is 13.0. The number of nitrogens with one attached hydrogen (secondary N) is 1. The molecule has 0 fully saturated rings. The van der Waals surface area contributed by atoms with E-state index in [1.165, 1.54) is 4.68 Å². The zero-order valence-corrected chi connectivity index (χ0v) is 15.9. The molecule has 27 heavy (non-hydrogen) atoms. The Labute approximate surface area is 161 Å². The van der Waals surface area contributed by atoms with Crippen molar-refractivity contribution < 1.29 is 9.53 Å². The Morgan fingerprint density at radius 2 is 2.00 bits per heavy atom. The molecular weight excluding hydrogens is 366 g/mol. The molecule has 1 aromatic heterocycles. The maximum Gasteiger partial charge on any atom is 0.280 e. The Balaban J connectivity index is 1.58. The standard InChI is InChI=1S/C20H20ClN3O3/c1-13-12-15(21)9-10-18(13)27-11-5-8-19(25)23-24-14(2)22-17-7-4-3-6-16(17)20(24)26/h3-4,6-7,9-10,12H,5,8,11H2,1-2H3,(H,23,25). The summed E-state index contributed by atoms with van der Waals surface area (Å²) in [5, 5.41) is 1.12. The molecule has 1 heterocycles. The van der Waals surface area contributed by atoms with Gasteiger partial charge in [-0.25, -0.2) is 9.66 Å². The quantitative estimate of drug-likeness (QED) is 0.658. The van der Waals surface area contributed by atoms with Gasteiger partial charge in [-0.2, -0.15) is 0 Å². The third-order valence-electron chi connectivity index (χ3n) is 4.12. The van der Waals surface area contributed by atoms with Gasteiger partial charge in [-0.05, 0) is 56.2 Å². The molecule has 0 saturated heterocycles. The van der Waals surface area contributed by atoms with Crippen LogP contribution in [0.5, 0.6) is 5.75 Å². The van der Waals surface area contributed by atoms with Crippen LogP contribution in [0.2, 0.25) is 5.02 Å². The second-order valence-corrected chi connectivity index (χ2v) is 6.65. The van der Waals surface area contributed by atoms with E-state index < -0.39 is 0 Å². The smallest absolute Gasteiger partial charge is 0.280 e. The normalized spacial score (nSPS) is 10.8. The third kappa shape index (κ3) is 4.46. The van der Waals surface area contributed by atoms with Gasteiger partial charge in [0.1, 0.15) is 11.6 Å². The molecule has 1 amide bonds. The summed E-state index contributed by atoms with van der Waals surface area (Å²) in [6.45, 7) is 3.98. The second-order valence-electron chi connectivity index (χ2n) is 6.21. The van der Waals surface area contributed by atoms with Gasteiger partial charge >= 0.3 is 0 Å². The van der Waals surface area contributed by atoms with E-state index in [1.54, 1.807) is 37.3 Å². The van der Waals surface area contributed by atoms with Crippen molar-refractivity contribution in [3.8, 4) is 5.75 Å². The SMILES string of the molecule is Cc1cc(Cl)ccc1OCCCC(=O)Nn1c(C)nc2ccccc2c1=O. The number of aryl methyl sites for hydroxylation is 2. The zero-order chi connectivity index (χ0) is 19.4. The average Bonchev–Trinajstić information content (AvgIpc) is 2.63. The monoisotopic (exact) mass is 385 g/mol. The van der Waals surface area contributed by atoms with Crippen LogP contribution < -0.4 is 15.7 Å². The fourth-order valence-corrected chi connectivity index (χ4v) is 2.97. The number of aromatic nitrogens is 2. The van der Waals surface area contributed by atoms with Crippen LogP contribution >= 0.6 is 11.6 Å². The van der Waals surface area contributed by atoms with Gasteiger partial charge in [0.05, 0.1) is 17.5 Å². The number of carbonyl (C=O) groups is 1. The Kier molecular flexibility index (Phi) is 5.76. The van der Waals surface area contributed by atoms with Gasteiger partial charge in [0, 0.05) is 11.4 Å². The summed E-state index contributed by atoms with van der Waals surface area (Å²) in [6.07, 6.45) is 0.744. The number of nitrogens with zero attached hydrogens (tertiary/aromatic N) is 2. The van der Waals surface area contributed by atoms with Crippen molar-refractivity contribution in [3.63, 3.8) is 0 Å². The molecule has 0 aliphatic carbocycles. The van der Waals surface area contributed by atoms with E-state index in [2.05, 4.69) is 10.4 Å². The van der Waals surface area contributed by atoms with Crippen LogP contribution in [0.1, 0.15) is 24.2 Å². The highest BCUT2D eigenvalue weighted by Crippen LogP contribution is 2.21. The molecule has 140 valence electrons. The van der Waals surface area contributed by atoms with Crippen molar-refractivity contribution in [3.05, 3.63) is 69.2 Å². The fraction of sp³-hybridized carbons (Fsp3) is 0.250. The lowest BCUT2D eigenvalue weighted by atomic mass is 10.2. The molecule has 0 saturated carbocycles. The van der Waals surface area contributed by atoms with E-state index in [1.807, 2.05) is 19.1 Å². The van der Waals surface area contributed by atoms with Crippen molar-refractivity contribution in [1.29, 1.82) is 0 Å². The number of ether oxygens (including phenoxy) is 1. The number of hydrogen-bond acceptors (Lipinski definition) is 4. The highest BCUT2D eigenvalue weighted by molar-refractivity contribution is 6.30. The lowest BCUT2D eigenvalue weighted by molar-refractivity contribution is -0.117. The maximum atomic E-state index is 12.5. The van der Waals surface area contributed by atoms with Gasteiger partial charge in [0.2, 0.25) is 5.91 Å². The van der Waals surface area contributed by atoms with Gasteiger partial charge in [-0.15, -0.1) is 0 Å². The van der Waals surface area contributed by atoms with E-state index >= 15 is 0 Å². The van der Waals surface area contributed by atoms with E-state index in [-0.39, 0.29) is 17.9 Å². The van der Waals surface area contributed by atoms with E-state index in [0.717, 1.165) is 11.3 Å².